The number of hydrogen-bond acceptors (Lipinski definition) is 5. The molecule has 4 N–H and O–H groups in total. The monoisotopic (exact) mass is 254 g/mol. The van der Waals surface area contributed by atoms with E-state index in [0.29, 0.717) is 28.3 Å². The van der Waals surface area contributed by atoms with Crippen molar-refractivity contribution in [3.63, 3.8) is 0 Å². The molecule has 0 atom stereocenters. The van der Waals surface area contributed by atoms with Crippen LogP contribution in [-0.4, -0.2) is 16.8 Å². The predicted octanol–water partition coefficient (Wildman–Crippen LogP) is 1.29. The van der Waals surface area contributed by atoms with Crippen molar-refractivity contribution in [1.82, 2.24) is 10.3 Å². The third kappa shape index (κ3) is 1.99. The van der Waals surface area contributed by atoms with Crippen molar-refractivity contribution in [3.8, 4) is 0 Å². The Bertz CT molecular complexity index is 697. The smallest absolute Gasteiger partial charge is 0.259 e. The molecule has 94 valence electrons. The van der Waals surface area contributed by atoms with Crippen LogP contribution in [0, 0.1) is 0 Å². The van der Waals surface area contributed by atoms with Crippen molar-refractivity contribution >= 4 is 29.0 Å². The summed E-state index contributed by atoms with van der Waals surface area (Å²) < 4.78 is 0. The molecule has 3 rings (SSSR count). The zero-order valence-corrected chi connectivity index (χ0v) is 9.81. The molecule has 1 aliphatic heterocycles. The predicted molar refractivity (Wildman–Crippen MR) is 70.2 cm³/mol. The number of carbonyl (C=O) groups excluding carboxylic acids is 2. The Morgan fingerprint density at radius 3 is 2.63 bits per heavy atom. The second-order valence-electron chi connectivity index (χ2n) is 4.14. The van der Waals surface area contributed by atoms with Gasteiger partial charge < -0.3 is 11.1 Å². The molecule has 19 heavy (non-hydrogen) atoms. The highest BCUT2D eigenvalue weighted by Crippen LogP contribution is 2.22. The lowest BCUT2D eigenvalue weighted by Crippen LogP contribution is -2.19. The third-order valence-electron chi connectivity index (χ3n) is 2.79. The minimum absolute atomic E-state index is 0.360. The van der Waals surface area contributed by atoms with Crippen LogP contribution in [-0.2, 0) is 0 Å². The molecule has 0 saturated carbocycles. The third-order valence-corrected chi connectivity index (χ3v) is 2.79. The number of imide groups is 1. The van der Waals surface area contributed by atoms with Gasteiger partial charge in [-0.1, -0.05) is 0 Å². The average molecular weight is 254 g/mol. The summed E-state index contributed by atoms with van der Waals surface area (Å²) in [5.74, 6) is -0.178. The molecule has 0 unspecified atom stereocenters. The van der Waals surface area contributed by atoms with Crippen LogP contribution in [0.25, 0.3) is 0 Å². The first kappa shape index (κ1) is 11.2. The number of nitrogen functional groups attached to an aromatic ring is 1. The van der Waals surface area contributed by atoms with Crippen LogP contribution in [0.3, 0.4) is 0 Å². The molecule has 6 nitrogen and oxygen atoms in total. The van der Waals surface area contributed by atoms with Crippen molar-refractivity contribution in [3.05, 3.63) is 47.7 Å². The zero-order valence-electron chi connectivity index (χ0n) is 9.81. The highest BCUT2D eigenvalue weighted by atomic mass is 16.2. The molecule has 0 fully saturated rings. The lowest BCUT2D eigenvalue weighted by molar-refractivity contribution is 0.0879. The lowest BCUT2D eigenvalue weighted by atomic mass is 10.1. The summed E-state index contributed by atoms with van der Waals surface area (Å²) in [5, 5.41) is 5.27. The fraction of sp³-hybridized carbons (Fsp3) is 0. The molecule has 0 spiro atoms. The SMILES string of the molecule is Nc1ccnc(Nc2ccc3c(c2)C(=O)NC3=O)c1. The van der Waals surface area contributed by atoms with Crippen LogP contribution in [0.1, 0.15) is 20.7 Å². The lowest BCUT2D eigenvalue weighted by Gasteiger charge is -2.06. The zero-order chi connectivity index (χ0) is 13.4. The molecule has 0 bridgehead atoms. The van der Waals surface area contributed by atoms with Crippen LogP contribution < -0.4 is 16.4 Å². The second kappa shape index (κ2) is 4.09. The van der Waals surface area contributed by atoms with E-state index in [-0.39, 0.29) is 11.8 Å². The fourth-order valence-electron chi connectivity index (χ4n) is 1.91. The number of pyridine rings is 1. The molecule has 0 saturated heterocycles. The van der Waals surface area contributed by atoms with E-state index in [9.17, 15) is 9.59 Å². The van der Waals surface area contributed by atoms with Crippen molar-refractivity contribution in [2.24, 2.45) is 0 Å². The van der Waals surface area contributed by atoms with Crippen molar-refractivity contribution in [2.75, 3.05) is 11.1 Å². The number of anilines is 3. The van der Waals surface area contributed by atoms with Gasteiger partial charge in [0.15, 0.2) is 0 Å². The van der Waals surface area contributed by atoms with Gasteiger partial charge in [0.05, 0.1) is 11.1 Å². The van der Waals surface area contributed by atoms with Gasteiger partial charge >= 0.3 is 0 Å². The van der Waals surface area contributed by atoms with Crippen LogP contribution in [0.5, 0.6) is 0 Å². The second-order valence-corrected chi connectivity index (χ2v) is 4.14. The first-order valence-electron chi connectivity index (χ1n) is 5.62. The van der Waals surface area contributed by atoms with E-state index in [1.165, 1.54) is 0 Å². The van der Waals surface area contributed by atoms with Gasteiger partial charge in [-0.05, 0) is 24.3 Å². The van der Waals surface area contributed by atoms with Crippen LogP contribution in [0.2, 0.25) is 0 Å². The Morgan fingerprint density at radius 1 is 1.05 bits per heavy atom. The van der Waals surface area contributed by atoms with Gasteiger partial charge in [0.2, 0.25) is 0 Å². The Hall–Kier alpha value is -2.89. The Kier molecular flexibility index (Phi) is 2.42. The summed E-state index contributed by atoms with van der Waals surface area (Å²) in [4.78, 5) is 27.1. The number of carbonyl (C=O) groups is 2. The average Bonchev–Trinajstić information content (AvgIpc) is 2.65. The molecular weight excluding hydrogens is 244 g/mol. The number of amides is 2. The van der Waals surface area contributed by atoms with E-state index in [1.807, 2.05) is 0 Å². The van der Waals surface area contributed by atoms with Crippen molar-refractivity contribution < 1.29 is 9.59 Å². The maximum absolute atomic E-state index is 11.5. The van der Waals surface area contributed by atoms with Crippen LogP contribution >= 0.6 is 0 Å². The van der Waals surface area contributed by atoms with Gasteiger partial charge in [0, 0.05) is 23.6 Å². The summed E-state index contributed by atoms with van der Waals surface area (Å²) in [6.07, 6.45) is 1.58. The van der Waals surface area contributed by atoms with E-state index in [1.54, 1.807) is 36.5 Å². The minimum atomic E-state index is -0.385. The molecule has 6 heteroatoms. The maximum atomic E-state index is 11.5. The van der Waals surface area contributed by atoms with E-state index < -0.39 is 0 Å². The molecule has 0 radical (unpaired) electrons. The van der Waals surface area contributed by atoms with E-state index >= 15 is 0 Å². The molecule has 2 heterocycles. The number of nitrogens with zero attached hydrogens (tertiary/aromatic N) is 1. The van der Waals surface area contributed by atoms with E-state index in [2.05, 4.69) is 15.6 Å². The minimum Gasteiger partial charge on any atom is -0.399 e. The number of nitrogens with one attached hydrogen (secondary N) is 2. The van der Waals surface area contributed by atoms with Gasteiger partial charge in [-0.25, -0.2) is 4.98 Å². The van der Waals surface area contributed by atoms with Crippen molar-refractivity contribution in [1.29, 1.82) is 0 Å². The topological polar surface area (TPSA) is 97.1 Å². The number of hydrogen-bond donors (Lipinski definition) is 3. The summed E-state index contributed by atoms with van der Waals surface area (Å²) in [5.41, 5.74) is 7.66. The van der Waals surface area contributed by atoms with Gasteiger partial charge in [-0.3, -0.25) is 14.9 Å². The van der Waals surface area contributed by atoms with Gasteiger partial charge in [0.1, 0.15) is 5.82 Å². The first-order valence-corrected chi connectivity index (χ1v) is 5.62. The van der Waals surface area contributed by atoms with Crippen molar-refractivity contribution in [2.45, 2.75) is 0 Å². The number of aromatic nitrogens is 1. The first-order chi connectivity index (χ1) is 9.13. The number of rotatable bonds is 2. The molecule has 0 aliphatic carbocycles. The Morgan fingerprint density at radius 2 is 1.84 bits per heavy atom. The highest BCUT2D eigenvalue weighted by molar-refractivity contribution is 6.21. The summed E-state index contributed by atoms with van der Waals surface area (Å²) in [7, 11) is 0. The Balaban J connectivity index is 1.93. The molecule has 1 aliphatic rings. The quantitative estimate of drug-likeness (QED) is 0.701. The number of nitrogens with two attached hydrogens (primary N) is 1. The van der Waals surface area contributed by atoms with Crippen LogP contribution in [0.4, 0.5) is 17.2 Å². The summed E-state index contributed by atoms with van der Waals surface area (Å²) in [6.45, 7) is 0. The fourth-order valence-corrected chi connectivity index (χ4v) is 1.91. The molecular formula is C13H10N4O2. The standard InChI is InChI=1S/C13H10N4O2/c14-7-3-4-15-11(5-7)16-8-1-2-9-10(6-8)13(19)17-12(9)18/h1-6H,(H3,14,15,16)(H,17,18,19). The summed E-state index contributed by atoms with van der Waals surface area (Å²) in [6, 6.07) is 8.28. The van der Waals surface area contributed by atoms with Gasteiger partial charge in [-0.2, -0.15) is 0 Å². The molecule has 2 aromatic rings. The normalized spacial score (nSPS) is 13.1. The maximum Gasteiger partial charge on any atom is 0.259 e. The number of benzene rings is 1. The van der Waals surface area contributed by atoms with E-state index in [0.717, 1.165) is 0 Å². The molecule has 1 aromatic heterocycles. The van der Waals surface area contributed by atoms with Crippen LogP contribution in [0.15, 0.2) is 36.5 Å². The van der Waals surface area contributed by atoms with Gasteiger partial charge in [0.25, 0.3) is 11.8 Å². The molecule has 1 aromatic carbocycles. The largest absolute Gasteiger partial charge is 0.399 e. The highest BCUT2D eigenvalue weighted by Gasteiger charge is 2.26. The van der Waals surface area contributed by atoms with E-state index in [4.69, 9.17) is 5.73 Å². The molecule has 2 amide bonds. The number of fused-ring (bicyclic) bond motifs is 1. The van der Waals surface area contributed by atoms with Gasteiger partial charge in [-0.15, -0.1) is 0 Å². The summed E-state index contributed by atoms with van der Waals surface area (Å²) >= 11 is 0. The Labute approximate surface area is 108 Å².